The SMILES string of the molecule is [B]c1ccc(NC(=O)OC(C)(C)C)c([N+](=O)[O-])c1. The minimum absolute atomic E-state index is 0.0449. The first-order valence-electron chi connectivity index (χ1n) is 5.23. The first-order chi connectivity index (χ1) is 8.19. The van der Waals surface area contributed by atoms with Crippen LogP contribution in [0.5, 0.6) is 0 Å². The third-order valence-electron chi connectivity index (χ3n) is 1.85. The fourth-order valence-electron chi connectivity index (χ4n) is 1.22. The first kappa shape index (κ1) is 14.0. The predicted molar refractivity (Wildman–Crippen MR) is 68.3 cm³/mol. The molecule has 0 bridgehead atoms. The molecule has 1 amide bonds. The largest absolute Gasteiger partial charge is 0.444 e. The highest BCUT2D eigenvalue weighted by atomic mass is 16.6. The van der Waals surface area contributed by atoms with Crippen LogP contribution >= 0.6 is 0 Å². The first-order valence-corrected chi connectivity index (χ1v) is 5.23. The summed E-state index contributed by atoms with van der Waals surface area (Å²) in [7, 11) is 5.45. The Balaban J connectivity index is 2.91. The lowest BCUT2D eigenvalue weighted by atomic mass is 9.95. The summed E-state index contributed by atoms with van der Waals surface area (Å²) in [5.41, 5.74) is -0.659. The van der Waals surface area contributed by atoms with Crippen LogP contribution in [0.4, 0.5) is 16.2 Å². The molecule has 0 fully saturated rings. The van der Waals surface area contributed by atoms with Gasteiger partial charge in [-0.25, -0.2) is 4.79 Å². The van der Waals surface area contributed by atoms with E-state index in [2.05, 4.69) is 5.32 Å². The molecule has 0 heterocycles. The van der Waals surface area contributed by atoms with E-state index >= 15 is 0 Å². The van der Waals surface area contributed by atoms with Gasteiger partial charge in [-0.1, -0.05) is 11.5 Å². The van der Waals surface area contributed by atoms with Gasteiger partial charge in [0, 0.05) is 6.07 Å². The molecule has 1 N–H and O–H groups in total. The second-order valence-electron chi connectivity index (χ2n) is 4.66. The van der Waals surface area contributed by atoms with E-state index in [1.807, 2.05) is 0 Å². The molecule has 1 aromatic rings. The van der Waals surface area contributed by atoms with Gasteiger partial charge in [0.15, 0.2) is 0 Å². The van der Waals surface area contributed by atoms with Gasteiger partial charge >= 0.3 is 6.09 Å². The molecule has 7 heteroatoms. The molecule has 18 heavy (non-hydrogen) atoms. The van der Waals surface area contributed by atoms with Gasteiger partial charge in [0.05, 0.1) is 4.92 Å². The summed E-state index contributed by atoms with van der Waals surface area (Å²) in [4.78, 5) is 21.7. The Morgan fingerprint density at radius 2 is 2.06 bits per heavy atom. The molecule has 0 saturated carbocycles. The smallest absolute Gasteiger partial charge is 0.412 e. The maximum Gasteiger partial charge on any atom is 0.412 e. The van der Waals surface area contributed by atoms with Crippen LogP contribution in [-0.4, -0.2) is 24.5 Å². The number of carbonyl (C=O) groups is 1. The summed E-state index contributed by atoms with van der Waals surface area (Å²) in [6, 6.07) is 3.99. The van der Waals surface area contributed by atoms with Crippen molar-refractivity contribution in [2.45, 2.75) is 26.4 Å². The van der Waals surface area contributed by atoms with E-state index in [9.17, 15) is 14.9 Å². The maximum atomic E-state index is 11.5. The highest BCUT2D eigenvalue weighted by Crippen LogP contribution is 2.22. The fraction of sp³-hybridized carbons (Fsp3) is 0.364. The number of benzene rings is 1. The van der Waals surface area contributed by atoms with Gasteiger partial charge in [0.1, 0.15) is 19.1 Å². The Morgan fingerprint density at radius 1 is 1.44 bits per heavy atom. The van der Waals surface area contributed by atoms with Crippen LogP contribution in [-0.2, 0) is 4.74 Å². The fourth-order valence-corrected chi connectivity index (χ4v) is 1.22. The molecule has 2 radical (unpaired) electrons. The number of carbonyl (C=O) groups excluding carboxylic acids is 1. The quantitative estimate of drug-likeness (QED) is 0.491. The van der Waals surface area contributed by atoms with Crippen molar-refractivity contribution in [3.63, 3.8) is 0 Å². The topological polar surface area (TPSA) is 81.5 Å². The molecule has 1 rings (SSSR count). The number of ether oxygens (including phenoxy) is 1. The van der Waals surface area contributed by atoms with Gasteiger partial charge in [-0.05, 0) is 26.8 Å². The zero-order chi connectivity index (χ0) is 13.9. The third kappa shape index (κ3) is 4.08. The van der Waals surface area contributed by atoms with E-state index < -0.39 is 16.6 Å². The molecular weight excluding hydrogens is 235 g/mol. The highest BCUT2D eigenvalue weighted by molar-refractivity contribution is 6.32. The van der Waals surface area contributed by atoms with Crippen LogP contribution in [0.3, 0.4) is 0 Å². The van der Waals surface area contributed by atoms with Gasteiger partial charge in [-0.15, -0.1) is 0 Å². The Hall–Kier alpha value is -2.05. The molecule has 94 valence electrons. The van der Waals surface area contributed by atoms with Gasteiger partial charge in [-0.2, -0.15) is 0 Å². The summed E-state index contributed by atoms with van der Waals surface area (Å²) in [6.45, 7) is 5.10. The summed E-state index contributed by atoms with van der Waals surface area (Å²) >= 11 is 0. The van der Waals surface area contributed by atoms with E-state index in [0.717, 1.165) is 0 Å². The number of nitrogens with zero attached hydrogens (tertiary/aromatic N) is 1. The van der Waals surface area contributed by atoms with Crippen LogP contribution in [0, 0.1) is 10.1 Å². The van der Waals surface area contributed by atoms with E-state index in [-0.39, 0.29) is 16.8 Å². The monoisotopic (exact) mass is 248 g/mol. The maximum absolute atomic E-state index is 11.5. The van der Waals surface area contributed by atoms with Crippen LogP contribution in [0.25, 0.3) is 0 Å². The molecule has 0 atom stereocenters. The van der Waals surface area contributed by atoms with Crippen LogP contribution < -0.4 is 10.8 Å². The second kappa shape index (κ2) is 5.08. The van der Waals surface area contributed by atoms with Crippen molar-refractivity contribution in [1.82, 2.24) is 0 Å². The van der Waals surface area contributed by atoms with Crippen LogP contribution in [0.2, 0.25) is 0 Å². The number of hydrogen-bond acceptors (Lipinski definition) is 4. The lowest BCUT2D eigenvalue weighted by Gasteiger charge is -2.19. The molecule has 0 aliphatic rings. The van der Waals surface area contributed by atoms with Gasteiger partial charge in [0.2, 0.25) is 0 Å². The molecule has 0 spiro atoms. The minimum atomic E-state index is -0.754. The van der Waals surface area contributed by atoms with E-state index in [4.69, 9.17) is 12.6 Å². The summed E-state index contributed by atoms with van der Waals surface area (Å²) in [6.07, 6.45) is -0.754. The molecule has 0 aromatic heterocycles. The van der Waals surface area contributed by atoms with Gasteiger partial charge in [-0.3, -0.25) is 15.4 Å². The molecule has 1 aromatic carbocycles. The van der Waals surface area contributed by atoms with Crippen LogP contribution in [0.15, 0.2) is 18.2 Å². The summed E-state index contributed by atoms with van der Waals surface area (Å²) < 4.78 is 5.00. The number of nitrogens with one attached hydrogen (secondary N) is 1. The van der Waals surface area contributed by atoms with Crippen LogP contribution in [0.1, 0.15) is 20.8 Å². The lowest BCUT2D eigenvalue weighted by Crippen LogP contribution is -2.27. The Kier molecular flexibility index (Phi) is 3.95. The normalized spacial score (nSPS) is 10.8. The zero-order valence-electron chi connectivity index (χ0n) is 10.4. The standard InChI is InChI=1S/C11H13BN2O4/c1-11(2,3)18-10(15)13-8-5-4-7(12)6-9(8)14(16)17/h4-6H,1-3H3,(H,13,15). The number of amides is 1. The van der Waals surface area contributed by atoms with Crippen molar-refractivity contribution in [2.75, 3.05) is 5.32 Å². The van der Waals surface area contributed by atoms with E-state index in [1.54, 1.807) is 20.8 Å². The van der Waals surface area contributed by atoms with Crippen molar-refractivity contribution in [2.24, 2.45) is 0 Å². The predicted octanol–water partition coefficient (Wildman–Crippen LogP) is 1.74. The zero-order valence-corrected chi connectivity index (χ0v) is 10.4. The average molecular weight is 248 g/mol. The Labute approximate surface area is 106 Å². The lowest BCUT2D eigenvalue weighted by molar-refractivity contribution is -0.383. The van der Waals surface area contributed by atoms with E-state index in [1.165, 1.54) is 18.2 Å². The highest BCUT2D eigenvalue weighted by Gasteiger charge is 2.20. The third-order valence-corrected chi connectivity index (χ3v) is 1.85. The number of nitro groups is 1. The number of hydrogen-bond donors (Lipinski definition) is 1. The summed E-state index contributed by atoms with van der Waals surface area (Å²) in [5, 5.41) is 13.1. The van der Waals surface area contributed by atoms with Crippen molar-refractivity contribution in [3.8, 4) is 0 Å². The molecule has 0 unspecified atom stereocenters. The van der Waals surface area contributed by atoms with Crippen molar-refractivity contribution in [1.29, 1.82) is 0 Å². The molecule has 6 nitrogen and oxygen atoms in total. The van der Waals surface area contributed by atoms with Crippen molar-refractivity contribution < 1.29 is 14.5 Å². The number of nitro benzene ring substituents is 1. The molecule has 0 aliphatic heterocycles. The minimum Gasteiger partial charge on any atom is -0.444 e. The van der Waals surface area contributed by atoms with E-state index in [0.29, 0.717) is 0 Å². The number of anilines is 1. The average Bonchev–Trinajstić information content (AvgIpc) is 2.17. The molecule has 0 saturated heterocycles. The van der Waals surface area contributed by atoms with Gasteiger partial charge < -0.3 is 4.74 Å². The molecule has 0 aliphatic carbocycles. The van der Waals surface area contributed by atoms with Gasteiger partial charge in [0.25, 0.3) is 5.69 Å². The molecular formula is C11H13BN2O4. The Bertz CT molecular complexity index is 482. The Morgan fingerprint density at radius 3 is 2.56 bits per heavy atom. The number of rotatable bonds is 2. The van der Waals surface area contributed by atoms with Crippen molar-refractivity contribution in [3.05, 3.63) is 28.3 Å². The second-order valence-corrected chi connectivity index (χ2v) is 4.66. The summed E-state index contributed by atoms with van der Waals surface area (Å²) in [5.74, 6) is 0. The van der Waals surface area contributed by atoms with Crippen molar-refractivity contribution >= 4 is 30.8 Å².